The van der Waals surface area contributed by atoms with Crippen LogP contribution in [0.25, 0.3) is 0 Å². The predicted molar refractivity (Wildman–Crippen MR) is 71.2 cm³/mol. The lowest BCUT2D eigenvalue weighted by molar-refractivity contribution is -0.384. The van der Waals surface area contributed by atoms with Crippen LogP contribution >= 0.6 is 0 Å². The van der Waals surface area contributed by atoms with Gasteiger partial charge in [0, 0.05) is 24.2 Å². The number of nitro groups is 1. The summed E-state index contributed by atoms with van der Waals surface area (Å²) in [6.45, 7) is 5.32. The smallest absolute Gasteiger partial charge is 0.270 e. The molecule has 0 aliphatic carbocycles. The molecule has 0 radical (unpaired) electrons. The second-order valence-electron chi connectivity index (χ2n) is 5.20. The summed E-state index contributed by atoms with van der Waals surface area (Å²) in [5.74, 6) is -0.257. The molecular formula is C13H17N3O3. The van der Waals surface area contributed by atoms with Gasteiger partial charge in [-0.2, -0.15) is 0 Å². The first-order chi connectivity index (χ1) is 8.91. The average Bonchev–Trinajstić information content (AvgIpc) is 2.75. The van der Waals surface area contributed by atoms with Gasteiger partial charge < -0.3 is 10.6 Å². The van der Waals surface area contributed by atoms with Crippen molar-refractivity contribution in [2.75, 3.05) is 13.1 Å². The Labute approximate surface area is 111 Å². The highest BCUT2D eigenvalue weighted by Gasteiger charge is 2.31. The fourth-order valence-electron chi connectivity index (χ4n) is 2.23. The monoisotopic (exact) mass is 263 g/mol. The zero-order chi connectivity index (χ0) is 14.0. The summed E-state index contributed by atoms with van der Waals surface area (Å²) in [7, 11) is 0. The van der Waals surface area contributed by atoms with Crippen molar-refractivity contribution in [1.82, 2.24) is 10.6 Å². The van der Waals surface area contributed by atoms with Crippen LogP contribution in [-0.4, -0.2) is 29.5 Å². The highest BCUT2D eigenvalue weighted by molar-refractivity contribution is 5.96. The number of nitro benzene ring substituents is 1. The Kier molecular flexibility index (Phi) is 3.53. The number of non-ortho nitro benzene ring substituents is 1. The van der Waals surface area contributed by atoms with Gasteiger partial charge >= 0.3 is 0 Å². The Bertz CT molecular complexity index is 522. The topological polar surface area (TPSA) is 84.3 Å². The Hall–Kier alpha value is -1.95. The van der Waals surface area contributed by atoms with Gasteiger partial charge in [0.2, 0.25) is 0 Å². The molecule has 2 rings (SSSR count). The quantitative estimate of drug-likeness (QED) is 0.637. The number of nitrogens with zero attached hydrogens (tertiary/aromatic N) is 1. The van der Waals surface area contributed by atoms with E-state index in [4.69, 9.17) is 0 Å². The summed E-state index contributed by atoms with van der Waals surface area (Å²) >= 11 is 0. The number of hydrogen-bond acceptors (Lipinski definition) is 4. The minimum absolute atomic E-state index is 0.0644. The Morgan fingerprint density at radius 2 is 2.26 bits per heavy atom. The number of amides is 1. The van der Waals surface area contributed by atoms with E-state index in [9.17, 15) is 14.9 Å². The number of aryl methyl sites for hydroxylation is 1. The van der Waals surface area contributed by atoms with E-state index in [1.165, 1.54) is 12.1 Å². The highest BCUT2D eigenvalue weighted by atomic mass is 16.6. The summed E-state index contributed by atoms with van der Waals surface area (Å²) in [5.41, 5.74) is 0.749. The van der Waals surface area contributed by atoms with E-state index in [0.29, 0.717) is 12.1 Å². The van der Waals surface area contributed by atoms with E-state index in [1.807, 2.05) is 6.92 Å². The maximum Gasteiger partial charge on any atom is 0.270 e. The Morgan fingerprint density at radius 1 is 1.53 bits per heavy atom. The molecule has 0 spiro atoms. The number of hydrogen-bond donors (Lipinski definition) is 2. The Balaban J connectivity index is 2.23. The van der Waals surface area contributed by atoms with Crippen molar-refractivity contribution in [2.24, 2.45) is 0 Å². The van der Waals surface area contributed by atoms with E-state index in [1.54, 1.807) is 13.0 Å². The van der Waals surface area contributed by atoms with E-state index >= 15 is 0 Å². The highest BCUT2D eigenvalue weighted by Crippen LogP contribution is 2.19. The number of carbonyl (C=O) groups is 1. The number of rotatable bonds is 3. The molecule has 1 amide bonds. The maximum atomic E-state index is 12.2. The molecule has 102 valence electrons. The van der Waals surface area contributed by atoms with E-state index in [0.717, 1.165) is 18.5 Å². The van der Waals surface area contributed by atoms with Crippen molar-refractivity contribution in [1.29, 1.82) is 0 Å². The molecule has 1 unspecified atom stereocenters. The van der Waals surface area contributed by atoms with Crippen LogP contribution in [0.5, 0.6) is 0 Å². The normalized spacial score (nSPS) is 22.2. The molecule has 1 atom stereocenters. The fraction of sp³-hybridized carbons (Fsp3) is 0.462. The molecule has 19 heavy (non-hydrogen) atoms. The summed E-state index contributed by atoms with van der Waals surface area (Å²) < 4.78 is 0. The number of benzene rings is 1. The molecule has 1 heterocycles. The van der Waals surface area contributed by atoms with Gasteiger partial charge in [-0.15, -0.1) is 0 Å². The van der Waals surface area contributed by atoms with Gasteiger partial charge in [0.1, 0.15) is 0 Å². The third kappa shape index (κ3) is 2.90. The third-order valence-electron chi connectivity index (χ3n) is 3.46. The zero-order valence-electron chi connectivity index (χ0n) is 11.0. The fourth-order valence-corrected chi connectivity index (χ4v) is 2.23. The van der Waals surface area contributed by atoms with Crippen LogP contribution in [0, 0.1) is 17.0 Å². The van der Waals surface area contributed by atoms with Gasteiger partial charge in [-0.3, -0.25) is 14.9 Å². The molecule has 0 saturated carbocycles. The lowest BCUT2D eigenvalue weighted by Crippen LogP contribution is -2.47. The molecular weight excluding hydrogens is 246 g/mol. The summed E-state index contributed by atoms with van der Waals surface area (Å²) in [5, 5.41) is 16.9. The molecule has 1 fully saturated rings. The molecule has 1 aromatic rings. The molecule has 6 heteroatoms. The van der Waals surface area contributed by atoms with Crippen LogP contribution in [-0.2, 0) is 0 Å². The molecule has 0 aromatic heterocycles. The summed E-state index contributed by atoms with van der Waals surface area (Å²) in [6, 6.07) is 4.34. The minimum Gasteiger partial charge on any atom is -0.346 e. The Morgan fingerprint density at radius 3 is 2.84 bits per heavy atom. The molecule has 1 saturated heterocycles. The third-order valence-corrected chi connectivity index (χ3v) is 3.46. The molecule has 6 nitrogen and oxygen atoms in total. The van der Waals surface area contributed by atoms with Crippen molar-refractivity contribution >= 4 is 11.6 Å². The van der Waals surface area contributed by atoms with Crippen LogP contribution in [0.2, 0.25) is 0 Å². The zero-order valence-corrected chi connectivity index (χ0v) is 11.0. The minimum atomic E-state index is -0.491. The first kappa shape index (κ1) is 13.5. The largest absolute Gasteiger partial charge is 0.346 e. The van der Waals surface area contributed by atoms with Crippen LogP contribution in [0.15, 0.2) is 18.2 Å². The molecule has 1 aliphatic heterocycles. The van der Waals surface area contributed by atoms with E-state index in [2.05, 4.69) is 10.6 Å². The van der Waals surface area contributed by atoms with Crippen LogP contribution < -0.4 is 10.6 Å². The molecule has 2 N–H and O–H groups in total. The van der Waals surface area contributed by atoms with Crippen molar-refractivity contribution in [3.05, 3.63) is 39.4 Å². The van der Waals surface area contributed by atoms with Crippen molar-refractivity contribution in [3.63, 3.8) is 0 Å². The van der Waals surface area contributed by atoms with E-state index < -0.39 is 4.92 Å². The van der Waals surface area contributed by atoms with E-state index in [-0.39, 0.29) is 17.1 Å². The maximum absolute atomic E-state index is 12.2. The standard InChI is InChI=1S/C13H17N3O3/c1-9-3-4-10(16(18)19)7-11(9)12(17)15-13(2)5-6-14-8-13/h3-4,7,14H,5-6,8H2,1-2H3,(H,15,17). The van der Waals surface area contributed by atoms with Gasteiger partial charge in [0.25, 0.3) is 11.6 Å². The SMILES string of the molecule is Cc1ccc([N+](=O)[O-])cc1C(=O)NC1(C)CCNC1. The lowest BCUT2D eigenvalue weighted by atomic mass is 10.00. The number of carbonyl (C=O) groups excluding carboxylic acids is 1. The van der Waals surface area contributed by atoms with Gasteiger partial charge in [0.15, 0.2) is 0 Å². The molecule has 0 bridgehead atoms. The predicted octanol–water partition coefficient (Wildman–Crippen LogP) is 1.39. The molecule has 1 aromatic carbocycles. The van der Waals surface area contributed by atoms with Gasteiger partial charge in [-0.1, -0.05) is 6.07 Å². The van der Waals surface area contributed by atoms with Gasteiger partial charge in [-0.05, 0) is 32.4 Å². The summed E-state index contributed by atoms with van der Waals surface area (Å²) in [6.07, 6.45) is 0.854. The summed E-state index contributed by atoms with van der Waals surface area (Å²) in [4.78, 5) is 22.5. The van der Waals surface area contributed by atoms with Crippen molar-refractivity contribution < 1.29 is 9.72 Å². The lowest BCUT2D eigenvalue weighted by Gasteiger charge is -2.24. The number of nitrogens with one attached hydrogen (secondary N) is 2. The average molecular weight is 263 g/mol. The van der Waals surface area contributed by atoms with Crippen molar-refractivity contribution in [2.45, 2.75) is 25.8 Å². The first-order valence-corrected chi connectivity index (χ1v) is 6.20. The van der Waals surface area contributed by atoms with Crippen LogP contribution in [0.1, 0.15) is 29.3 Å². The van der Waals surface area contributed by atoms with Gasteiger partial charge in [-0.25, -0.2) is 0 Å². The molecule has 1 aliphatic rings. The van der Waals surface area contributed by atoms with Crippen LogP contribution in [0.4, 0.5) is 5.69 Å². The van der Waals surface area contributed by atoms with Crippen LogP contribution in [0.3, 0.4) is 0 Å². The van der Waals surface area contributed by atoms with Gasteiger partial charge in [0.05, 0.1) is 10.5 Å². The first-order valence-electron chi connectivity index (χ1n) is 6.20. The second-order valence-corrected chi connectivity index (χ2v) is 5.20. The second kappa shape index (κ2) is 4.97. The van der Waals surface area contributed by atoms with Crippen molar-refractivity contribution in [3.8, 4) is 0 Å².